The third-order valence-electron chi connectivity index (χ3n) is 1.42. The van der Waals surface area contributed by atoms with Crippen molar-refractivity contribution in [3.63, 3.8) is 0 Å². The van der Waals surface area contributed by atoms with E-state index in [2.05, 4.69) is 6.92 Å². The number of hydrogen-bond donors (Lipinski definition) is 1. The summed E-state index contributed by atoms with van der Waals surface area (Å²) in [6.07, 6.45) is 0. The fourth-order valence-corrected chi connectivity index (χ4v) is 0.740. The number of nitrogens with two attached hydrogens (primary N) is 1. The molecule has 0 amide bonds. The second kappa shape index (κ2) is 2.44. The van der Waals surface area contributed by atoms with Gasteiger partial charge >= 0.3 is 0 Å². The molecular weight excluding hydrogens is 104 g/mol. The van der Waals surface area contributed by atoms with Gasteiger partial charge in [0, 0.05) is 12.6 Å². The second-order valence-corrected chi connectivity index (χ2v) is 2.16. The minimum absolute atomic E-state index is 0.392. The normalized spacial score (nSPS) is 33.0. The maximum atomic E-state index is 5.53. The van der Waals surface area contributed by atoms with Crippen molar-refractivity contribution in [2.24, 2.45) is 5.84 Å². The molecule has 1 aliphatic rings. The predicted octanol–water partition coefficient (Wildman–Crippen LogP) is -0.419. The molecule has 1 saturated heterocycles. The first-order valence-electron chi connectivity index (χ1n) is 2.90. The Morgan fingerprint density at radius 1 is 1.75 bits per heavy atom. The molecule has 1 atom stereocenters. The molecule has 0 saturated carbocycles. The quantitative estimate of drug-likeness (QED) is 0.437. The molecule has 1 fully saturated rings. The van der Waals surface area contributed by atoms with Gasteiger partial charge in [0.15, 0.2) is 0 Å². The zero-order valence-corrected chi connectivity index (χ0v) is 5.13. The molecule has 3 heteroatoms. The minimum atomic E-state index is 0.392. The van der Waals surface area contributed by atoms with Crippen molar-refractivity contribution < 1.29 is 4.74 Å². The Balaban J connectivity index is 2.28. The van der Waals surface area contributed by atoms with E-state index < -0.39 is 0 Å². The van der Waals surface area contributed by atoms with Crippen LogP contribution in [0, 0.1) is 0 Å². The summed E-state index contributed by atoms with van der Waals surface area (Å²) < 4.78 is 5.13. The van der Waals surface area contributed by atoms with Gasteiger partial charge in [-0.1, -0.05) is 0 Å². The summed E-state index contributed by atoms with van der Waals surface area (Å²) in [5.74, 6) is 5.53. The maximum Gasteiger partial charge on any atom is 0.0633 e. The first-order valence-corrected chi connectivity index (χ1v) is 2.90. The molecule has 0 bridgehead atoms. The Morgan fingerprint density at radius 2 is 2.50 bits per heavy atom. The highest BCUT2D eigenvalue weighted by Crippen LogP contribution is 1.98. The third-order valence-corrected chi connectivity index (χ3v) is 1.42. The zero-order chi connectivity index (χ0) is 5.98. The van der Waals surface area contributed by atoms with Gasteiger partial charge in [0.25, 0.3) is 0 Å². The molecule has 0 aromatic rings. The van der Waals surface area contributed by atoms with Gasteiger partial charge in [-0.05, 0) is 6.92 Å². The van der Waals surface area contributed by atoms with Crippen LogP contribution >= 0.6 is 0 Å². The average Bonchev–Trinajstić information content (AvgIpc) is 1.77. The van der Waals surface area contributed by atoms with Crippen molar-refractivity contribution in [3.05, 3.63) is 0 Å². The lowest BCUT2D eigenvalue weighted by atomic mass is 10.3. The molecule has 0 aromatic heterocycles. The van der Waals surface area contributed by atoms with Crippen LogP contribution in [0.3, 0.4) is 0 Å². The van der Waals surface area contributed by atoms with E-state index in [0.717, 1.165) is 19.8 Å². The highest BCUT2D eigenvalue weighted by Gasteiger charge is 2.13. The van der Waals surface area contributed by atoms with Gasteiger partial charge in [0.2, 0.25) is 0 Å². The van der Waals surface area contributed by atoms with E-state index >= 15 is 0 Å². The molecule has 0 aromatic carbocycles. The van der Waals surface area contributed by atoms with Gasteiger partial charge in [0.1, 0.15) is 0 Å². The van der Waals surface area contributed by atoms with Crippen LogP contribution in [0.1, 0.15) is 6.92 Å². The molecule has 8 heavy (non-hydrogen) atoms. The van der Waals surface area contributed by atoms with Crippen LogP contribution in [0.15, 0.2) is 0 Å². The predicted molar refractivity (Wildman–Crippen MR) is 31.2 cm³/mol. The van der Waals surface area contributed by atoms with E-state index in [1.165, 1.54) is 0 Å². The van der Waals surface area contributed by atoms with Gasteiger partial charge < -0.3 is 4.74 Å². The molecule has 1 heterocycles. The van der Waals surface area contributed by atoms with E-state index in [4.69, 9.17) is 10.6 Å². The maximum absolute atomic E-state index is 5.53. The van der Waals surface area contributed by atoms with Gasteiger partial charge in [-0.2, -0.15) is 0 Å². The molecule has 2 N–H and O–H groups in total. The van der Waals surface area contributed by atoms with Gasteiger partial charge in [-0.25, -0.2) is 5.01 Å². The standard InChI is InChI=1S/C5H12N2O/c1-5-4-8-3-2-7(5)6/h5H,2-4,6H2,1H3/t5-/m0/s1. The van der Waals surface area contributed by atoms with E-state index in [1.807, 2.05) is 5.01 Å². The van der Waals surface area contributed by atoms with Crippen molar-refractivity contribution in [1.82, 2.24) is 5.01 Å². The largest absolute Gasteiger partial charge is 0.378 e. The average molecular weight is 116 g/mol. The van der Waals surface area contributed by atoms with E-state index in [1.54, 1.807) is 0 Å². The smallest absolute Gasteiger partial charge is 0.0633 e. The first kappa shape index (κ1) is 6.01. The molecule has 1 rings (SSSR count). The molecular formula is C5H12N2O. The third kappa shape index (κ3) is 1.18. The SMILES string of the molecule is C[C@H]1COCCN1N. The van der Waals surface area contributed by atoms with Crippen molar-refractivity contribution >= 4 is 0 Å². The molecule has 0 unspecified atom stereocenters. The van der Waals surface area contributed by atoms with Gasteiger partial charge in [-0.3, -0.25) is 5.84 Å². The Kier molecular flexibility index (Phi) is 1.83. The van der Waals surface area contributed by atoms with Crippen molar-refractivity contribution in [2.45, 2.75) is 13.0 Å². The number of rotatable bonds is 0. The summed E-state index contributed by atoms with van der Waals surface area (Å²) in [6, 6.07) is 0.392. The Labute approximate surface area is 49.4 Å². The molecule has 3 nitrogen and oxygen atoms in total. The molecule has 1 aliphatic heterocycles. The summed E-state index contributed by atoms with van der Waals surface area (Å²) in [5.41, 5.74) is 0. The summed E-state index contributed by atoms with van der Waals surface area (Å²) in [4.78, 5) is 0. The minimum Gasteiger partial charge on any atom is -0.378 e. The van der Waals surface area contributed by atoms with Crippen LogP contribution in [0.25, 0.3) is 0 Å². The Bertz CT molecular complexity index is 66.8. The number of nitrogens with zero attached hydrogens (tertiary/aromatic N) is 1. The number of ether oxygens (including phenoxy) is 1. The number of hydrazine groups is 1. The van der Waals surface area contributed by atoms with E-state index in [-0.39, 0.29) is 0 Å². The second-order valence-electron chi connectivity index (χ2n) is 2.16. The monoisotopic (exact) mass is 116 g/mol. The van der Waals surface area contributed by atoms with Crippen LogP contribution in [0.4, 0.5) is 0 Å². The zero-order valence-electron chi connectivity index (χ0n) is 5.13. The first-order chi connectivity index (χ1) is 3.80. The van der Waals surface area contributed by atoms with E-state index in [9.17, 15) is 0 Å². The topological polar surface area (TPSA) is 38.5 Å². The fourth-order valence-electron chi connectivity index (χ4n) is 0.740. The fraction of sp³-hybridized carbons (Fsp3) is 1.00. The van der Waals surface area contributed by atoms with Crippen LogP contribution < -0.4 is 5.84 Å². The van der Waals surface area contributed by atoms with Crippen LogP contribution in [-0.2, 0) is 4.74 Å². The van der Waals surface area contributed by atoms with Crippen LogP contribution in [0.5, 0.6) is 0 Å². The van der Waals surface area contributed by atoms with Crippen LogP contribution in [0.2, 0.25) is 0 Å². The highest BCUT2D eigenvalue weighted by atomic mass is 16.5. The lowest BCUT2D eigenvalue weighted by Crippen LogP contribution is -2.47. The Morgan fingerprint density at radius 3 is 2.88 bits per heavy atom. The lowest BCUT2D eigenvalue weighted by molar-refractivity contribution is -0.000660. The van der Waals surface area contributed by atoms with Crippen molar-refractivity contribution in [2.75, 3.05) is 19.8 Å². The van der Waals surface area contributed by atoms with E-state index in [0.29, 0.717) is 6.04 Å². The summed E-state index contributed by atoms with van der Waals surface area (Å²) >= 11 is 0. The highest BCUT2D eigenvalue weighted by molar-refractivity contribution is 4.63. The number of hydrogen-bond acceptors (Lipinski definition) is 3. The van der Waals surface area contributed by atoms with Crippen molar-refractivity contribution in [1.29, 1.82) is 0 Å². The number of morpholine rings is 1. The Hall–Kier alpha value is -0.120. The van der Waals surface area contributed by atoms with Gasteiger partial charge in [0.05, 0.1) is 13.2 Å². The summed E-state index contributed by atoms with van der Waals surface area (Å²) in [7, 11) is 0. The van der Waals surface area contributed by atoms with Crippen LogP contribution in [-0.4, -0.2) is 30.8 Å². The van der Waals surface area contributed by atoms with Gasteiger partial charge in [-0.15, -0.1) is 0 Å². The molecule has 0 spiro atoms. The molecule has 48 valence electrons. The molecule has 0 aliphatic carbocycles. The van der Waals surface area contributed by atoms with Crippen molar-refractivity contribution in [3.8, 4) is 0 Å². The molecule has 0 radical (unpaired) electrons. The summed E-state index contributed by atoms with van der Waals surface area (Å²) in [5, 5.41) is 1.81. The lowest BCUT2D eigenvalue weighted by Gasteiger charge is -2.28. The summed E-state index contributed by atoms with van der Waals surface area (Å²) in [6.45, 7) is 4.47.